The number of benzene rings is 2. The largest absolute Gasteiger partial charge is 0.481 e. The van der Waals surface area contributed by atoms with Crippen LogP contribution in [0.25, 0.3) is 11.3 Å². The number of nitrogens with one attached hydrogen (secondary N) is 1. The van der Waals surface area contributed by atoms with Gasteiger partial charge in [0, 0.05) is 11.6 Å². The van der Waals surface area contributed by atoms with E-state index in [-0.39, 0.29) is 11.3 Å². The maximum atomic E-state index is 12.4. The van der Waals surface area contributed by atoms with E-state index in [1.165, 1.54) is 11.1 Å². The van der Waals surface area contributed by atoms with Gasteiger partial charge in [0.25, 0.3) is 5.91 Å². The van der Waals surface area contributed by atoms with E-state index >= 15 is 0 Å². The number of hydrogen-bond donors (Lipinski definition) is 1. The van der Waals surface area contributed by atoms with Crippen LogP contribution in [-0.4, -0.2) is 17.2 Å². The molecule has 0 saturated heterocycles. The van der Waals surface area contributed by atoms with Crippen molar-refractivity contribution < 1.29 is 14.1 Å². The molecule has 146 valence electrons. The lowest BCUT2D eigenvalue weighted by Crippen LogP contribution is -2.30. The first-order valence-electron chi connectivity index (χ1n) is 9.34. The third-order valence-electron chi connectivity index (χ3n) is 4.51. The summed E-state index contributed by atoms with van der Waals surface area (Å²) in [5.41, 5.74) is 4.05. The van der Waals surface area contributed by atoms with E-state index in [0.29, 0.717) is 17.3 Å². The van der Waals surface area contributed by atoms with Crippen LogP contribution in [0.1, 0.15) is 38.8 Å². The topological polar surface area (TPSA) is 64.4 Å². The predicted molar refractivity (Wildman–Crippen MR) is 111 cm³/mol. The summed E-state index contributed by atoms with van der Waals surface area (Å²) in [4.78, 5) is 12.4. The molecule has 0 fully saturated rings. The van der Waals surface area contributed by atoms with Gasteiger partial charge in [0.05, 0.1) is 0 Å². The zero-order valence-electron chi connectivity index (χ0n) is 16.9. The molecular formula is C23H26N2O3. The molecule has 2 aromatic carbocycles. The van der Waals surface area contributed by atoms with Gasteiger partial charge in [-0.05, 0) is 37.0 Å². The highest BCUT2D eigenvalue weighted by Crippen LogP contribution is 2.25. The molecule has 3 aromatic rings. The molecule has 1 amide bonds. The lowest BCUT2D eigenvalue weighted by Gasteiger charge is -2.20. The Labute approximate surface area is 165 Å². The smallest absolute Gasteiger partial charge is 0.267 e. The van der Waals surface area contributed by atoms with Crippen LogP contribution in [0.15, 0.2) is 59.1 Å². The van der Waals surface area contributed by atoms with Crippen LogP contribution in [0.2, 0.25) is 0 Å². The van der Waals surface area contributed by atoms with Gasteiger partial charge in [0.15, 0.2) is 6.10 Å². The molecule has 5 nitrogen and oxygen atoms in total. The summed E-state index contributed by atoms with van der Waals surface area (Å²) in [5, 5.41) is 6.72. The Bertz CT molecular complexity index is 935. The van der Waals surface area contributed by atoms with Crippen molar-refractivity contribution >= 4 is 11.8 Å². The quantitative estimate of drug-likeness (QED) is 0.650. The Hall–Kier alpha value is -3.08. The maximum Gasteiger partial charge on any atom is 0.267 e. The molecule has 0 saturated carbocycles. The van der Waals surface area contributed by atoms with Crippen LogP contribution < -0.4 is 10.1 Å². The summed E-state index contributed by atoms with van der Waals surface area (Å²) in [6, 6.07) is 17.4. The van der Waals surface area contributed by atoms with Gasteiger partial charge in [-0.25, -0.2) is 0 Å². The normalized spacial score (nSPS) is 12.5. The number of aromatic nitrogens is 1. The first-order valence-corrected chi connectivity index (χ1v) is 9.34. The van der Waals surface area contributed by atoms with Crippen LogP contribution in [0, 0.1) is 6.92 Å². The average molecular weight is 378 g/mol. The van der Waals surface area contributed by atoms with Gasteiger partial charge in [0.2, 0.25) is 5.88 Å². The molecule has 0 unspecified atom stereocenters. The van der Waals surface area contributed by atoms with Gasteiger partial charge in [0.1, 0.15) is 11.4 Å². The van der Waals surface area contributed by atoms with Crippen molar-refractivity contribution in [3.05, 3.63) is 65.7 Å². The minimum Gasteiger partial charge on any atom is -0.481 e. The fourth-order valence-corrected chi connectivity index (χ4v) is 2.71. The molecular weight excluding hydrogens is 352 g/mol. The Morgan fingerprint density at radius 3 is 2.32 bits per heavy atom. The van der Waals surface area contributed by atoms with Crippen molar-refractivity contribution in [3.63, 3.8) is 0 Å². The van der Waals surface area contributed by atoms with Gasteiger partial charge in [-0.1, -0.05) is 67.9 Å². The summed E-state index contributed by atoms with van der Waals surface area (Å²) >= 11 is 0. The predicted octanol–water partition coefficient (Wildman–Crippen LogP) is 5.35. The second-order valence-corrected chi connectivity index (χ2v) is 7.97. The fraction of sp³-hybridized carbons (Fsp3) is 0.304. The Balaban J connectivity index is 1.61. The van der Waals surface area contributed by atoms with Gasteiger partial charge in [-0.15, -0.1) is 0 Å². The van der Waals surface area contributed by atoms with Gasteiger partial charge < -0.3 is 9.26 Å². The highest BCUT2D eigenvalue weighted by Gasteiger charge is 2.18. The summed E-state index contributed by atoms with van der Waals surface area (Å²) < 4.78 is 11.0. The molecule has 1 aromatic heterocycles. The molecule has 0 aliphatic carbocycles. The van der Waals surface area contributed by atoms with E-state index in [2.05, 4.69) is 31.2 Å². The first kappa shape index (κ1) is 19.7. The van der Waals surface area contributed by atoms with E-state index in [1.807, 2.05) is 55.5 Å². The van der Waals surface area contributed by atoms with Crippen LogP contribution in [0.4, 0.5) is 5.88 Å². The zero-order chi connectivity index (χ0) is 20.3. The van der Waals surface area contributed by atoms with Crippen LogP contribution in [0.5, 0.6) is 5.75 Å². The standard InChI is InChI=1S/C23H26N2O3/c1-15-6-8-17(9-7-15)20-14-21(28-25-20)24-22(26)16(2)27-19-12-10-18(11-13-19)23(3,4)5/h6-14,16H,1-5H3,(H,24,26)/t16-/m1/s1. The molecule has 0 aliphatic heterocycles. The molecule has 1 heterocycles. The lowest BCUT2D eigenvalue weighted by atomic mass is 9.87. The van der Waals surface area contributed by atoms with Crippen molar-refractivity contribution in [3.8, 4) is 17.0 Å². The number of rotatable bonds is 5. The number of carbonyl (C=O) groups excluding carboxylic acids is 1. The minimum atomic E-state index is -0.673. The van der Waals surface area contributed by atoms with E-state index in [1.54, 1.807) is 13.0 Å². The maximum absolute atomic E-state index is 12.4. The summed E-state index contributed by atoms with van der Waals surface area (Å²) in [7, 11) is 0. The number of nitrogens with zero attached hydrogens (tertiary/aromatic N) is 1. The minimum absolute atomic E-state index is 0.0724. The molecule has 0 spiro atoms. The van der Waals surface area contributed by atoms with E-state index in [4.69, 9.17) is 9.26 Å². The number of carbonyl (C=O) groups is 1. The molecule has 28 heavy (non-hydrogen) atoms. The average Bonchev–Trinajstić information content (AvgIpc) is 3.10. The zero-order valence-corrected chi connectivity index (χ0v) is 16.9. The van der Waals surface area contributed by atoms with Crippen molar-refractivity contribution in [1.29, 1.82) is 0 Å². The Kier molecular flexibility index (Phi) is 5.54. The van der Waals surface area contributed by atoms with Gasteiger partial charge in [-0.3, -0.25) is 10.1 Å². The molecule has 0 radical (unpaired) electrons. The monoisotopic (exact) mass is 378 g/mol. The molecule has 1 N–H and O–H groups in total. The van der Waals surface area contributed by atoms with Gasteiger partial charge >= 0.3 is 0 Å². The highest BCUT2D eigenvalue weighted by molar-refractivity contribution is 5.93. The molecule has 0 bridgehead atoms. The number of anilines is 1. The lowest BCUT2D eigenvalue weighted by molar-refractivity contribution is -0.122. The number of ether oxygens (including phenoxy) is 1. The second-order valence-electron chi connectivity index (χ2n) is 7.97. The third-order valence-corrected chi connectivity index (χ3v) is 4.51. The van der Waals surface area contributed by atoms with Crippen LogP contribution in [-0.2, 0) is 10.2 Å². The van der Waals surface area contributed by atoms with E-state index in [0.717, 1.165) is 5.56 Å². The van der Waals surface area contributed by atoms with Crippen molar-refractivity contribution in [1.82, 2.24) is 5.16 Å². The number of amides is 1. The van der Waals surface area contributed by atoms with Crippen molar-refractivity contribution in [2.75, 3.05) is 5.32 Å². The summed E-state index contributed by atoms with van der Waals surface area (Å²) in [5.74, 6) is 0.638. The van der Waals surface area contributed by atoms with Crippen LogP contribution >= 0.6 is 0 Å². The van der Waals surface area contributed by atoms with E-state index in [9.17, 15) is 4.79 Å². The van der Waals surface area contributed by atoms with Crippen LogP contribution in [0.3, 0.4) is 0 Å². The molecule has 3 rings (SSSR count). The van der Waals surface area contributed by atoms with Crippen molar-refractivity contribution in [2.24, 2.45) is 0 Å². The number of hydrogen-bond acceptors (Lipinski definition) is 4. The number of aryl methyl sites for hydroxylation is 1. The van der Waals surface area contributed by atoms with E-state index < -0.39 is 6.10 Å². The molecule has 1 atom stereocenters. The molecule has 0 aliphatic rings. The van der Waals surface area contributed by atoms with Gasteiger partial charge in [-0.2, -0.15) is 0 Å². The third kappa shape index (κ3) is 4.80. The SMILES string of the molecule is Cc1ccc(-c2cc(NC(=O)[C@@H](C)Oc3ccc(C(C)(C)C)cc3)on2)cc1. The fourth-order valence-electron chi connectivity index (χ4n) is 2.71. The first-order chi connectivity index (χ1) is 13.2. The second kappa shape index (κ2) is 7.89. The Morgan fingerprint density at radius 2 is 1.71 bits per heavy atom. The summed E-state index contributed by atoms with van der Waals surface area (Å²) in [6.45, 7) is 10.2. The van der Waals surface area contributed by atoms with Crippen molar-refractivity contribution in [2.45, 2.75) is 46.1 Å². The highest BCUT2D eigenvalue weighted by atomic mass is 16.5. The molecule has 5 heteroatoms. The summed E-state index contributed by atoms with van der Waals surface area (Å²) in [6.07, 6.45) is -0.673. The Morgan fingerprint density at radius 1 is 1.07 bits per heavy atom.